The number of hydrogen-bond acceptors (Lipinski definition) is 5. The minimum Gasteiger partial charge on any atom is -0.493 e. The first-order valence-corrected chi connectivity index (χ1v) is 12.4. The highest BCUT2D eigenvalue weighted by Crippen LogP contribution is 2.40. The van der Waals surface area contributed by atoms with E-state index in [1.165, 1.54) is 0 Å². The quantitative estimate of drug-likeness (QED) is 0.471. The fourth-order valence-corrected chi connectivity index (χ4v) is 5.76. The lowest BCUT2D eigenvalue weighted by Crippen LogP contribution is -2.42. The molecule has 3 atom stereocenters. The molecule has 2 N–H and O–H groups in total. The number of ether oxygens (including phenoxy) is 2. The number of para-hydroxylation sites is 2. The number of rotatable bonds is 8. The molecule has 3 aromatic rings. The molecule has 2 aliphatic rings. The van der Waals surface area contributed by atoms with E-state index >= 15 is 0 Å². The van der Waals surface area contributed by atoms with E-state index in [1.54, 1.807) is 14.2 Å². The van der Waals surface area contributed by atoms with Gasteiger partial charge in [0.25, 0.3) is 0 Å². The first-order valence-electron chi connectivity index (χ1n) is 12.4. The molecule has 8 nitrogen and oxygen atoms in total. The molecule has 1 saturated heterocycles. The van der Waals surface area contributed by atoms with Crippen molar-refractivity contribution in [3.8, 4) is 11.5 Å². The Hall–Kier alpha value is -3.81. The summed E-state index contributed by atoms with van der Waals surface area (Å²) in [7, 11) is 3.18. The molecule has 1 aliphatic carbocycles. The number of H-pyrrole nitrogens is 1. The van der Waals surface area contributed by atoms with Crippen molar-refractivity contribution >= 4 is 28.6 Å². The van der Waals surface area contributed by atoms with Gasteiger partial charge in [0.2, 0.25) is 17.7 Å². The second-order valence-corrected chi connectivity index (χ2v) is 9.49. The number of aromatic amines is 1. The number of methoxy groups -OCH3 is 2. The summed E-state index contributed by atoms with van der Waals surface area (Å²) in [6.07, 6.45) is 5.31. The average Bonchev–Trinajstić information content (AvgIpc) is 3.44. The average molecular weight is 490 g/mol. The van der Waals surface area contributed by atoms with Crippen LogP contribution in [-0.2, 0) is 14.4 Å². The van der Waals surface area contributed by atoms with Crippen LogP contribution in [0.1, 0.15) is 42.7 Å². The molecule has 1 aliphatic heterocycles. The minimum absolute atomic E-state index is 0.206. The fourth-order valence-electron chi connectivity index (χ4n) is 5.76. The van der Waals surface area contributed by atoms with Crippen LogP contribution in [0.15, 0.2) is 48.7 Å². The molecular weight excluding hydrogens is 458 g/mol. The molecule has 3 amide bonds. The molecule has 188 valence electrons. The third-order valence-electron chi connectivity index (χ3n) is 7.54. The molecule has 2 aromatic carbocycles. The van der Waals surface area contributed by atoms with E-state index in [-0.39, 0.29) is 48.6 Å². The smallest absolute Gasteiger partial charge is 0.240 e. The second-order valence-electron chi connectivity index (χ2n) is 9.49. The number of fused-ring (bicyclic) bond motifs is 2. The molecule has 2 fully saturated rings. The summed E-state index contributed by atoms with van der Waals surface area (Å²) in [5, 5.41) is 4.01. The molecule has 3 unspecified atom stereocenters. The number of imide groups is 1. The highest BCUT2D eigenvalue weighted by molar-refractivity contribution is 6.07. The normalized spacial score (nSPS) is 20.3. The highest BCUT2D eigenvalue weighted by Gasteiger charge is 2.48. The number of carbonyl (C=O) groups is 3. The monoisotopic (exact) mass is 489 g/mol. The molecule has 0 spiro atoms. The van der Waals surface area contributed by atoms with Crippen molar-refractivity contribution in [3.63, 3.8) is 0 Å². The van der Waals surface area contributed by atoms with Crippen molar-refractivity contribution in [1.82, 2.24) is 15.2 Å². The molecule has 0 radical (unpaired) electrons. The largest absolute Gasteiger partial charge is 0.493 e. The SMILES string of the molecule is COc1cccc(C(CNC(=O)CN2C(=O)C3CCCCC3C2=O)c2c[nH]c3ccccc23)c1OC. The van der Waals surface area contributed by atoms with E-state index < -0.39 is 0 Å². The summed E-state index contributed by atoms with van der Waals surface area (Å²) >= 11 is 0. The first kappa shape index (κ1) is 23.9. The summed E-state index contributed by atoms with van der Waals surface area (Å²) in [5.41, 5.74) is 2.85. The van der Waals surface area contributed by atoms with Crippen molar-refractivity contribution in [3.05, 3.63) is 59.8 Å². The summed E-state index contributed by atoms with van der Waals surface area (Å²) in [6.45, 7) is 0.00774. The zero-order valence-corrected chi connectivity index (χ0v) is 20.6. The fraction of sp³-hybridized carbons (Fsp3) is 0.393. The van der Waals surface area contributed by atoms with Crippen molar-refractivity contribution in [2.45, 2.75) is 31.6 Å². The van der Waals surface area contributed by atoms with E-state index in [2.05, 4.69) is 10.3 Å². The maximum absolute atomic E-state index is 13.0. The number of amides is 3. The van der Waals surface area contributed by atoms with Gasteiger partial charge in [0, 0.05) is 35.1 Å². The lowest BCUT2D eigenvalue weighted by Gasteiger charge is -2.22. The van der Waals surface area contributed by atoms with E-state index in [0.717, 1.165) is 52.6 Å². The van der Waals surface area contributed by atoms with Crippen LogP contribution in [0, 0.1) is 11.8 Å². The Kier molecular flexibility index (Phi) is 6.67. The van der Waals surface area contributed by atoms with Gasteiger partial charge >= 0.3 is 0 Å². The zero-order valence-electron chi connectivity index (χ0n) is 20.6. The van der Waals surface area contributed by atoms with E-state index in [4.69, 9.17) is 9.47 Å². The third-order valence-corrected chi connectivity index (χ3v) is 7.54. The van der Waals surface area contributed by atoms with Crippen LogP contribution in [0.25, 0.3) is 10.9 Å². The molecule has 2 heterocycles. The number of carbonyl (C=O) groups excluding carboxylic acids is 3. The van der Waals surface area contributed by atoms with Crippen LogP contribution in [-0.4, -0.2) is 54.9 Å². The van der Waals surface area contributed by atoms with Gasteiger partial charge in [-0.3, -0.25) is 19.3 Å². The van der Waals surface area contributed by atoms with Gasteiger partial charge in [0.1, 0.15) is 6.54 Å². The lowest BCUT2D eigenvalue weighted by molar-refractivity contribution is -0.143. The Morgan fingerprint density at radius 2 is 1.72 bits per heavy atom. The second kappa shape index (κ2) is 10.0. The Morgan fingerprint density at radius 1 is 1.00 bits per heavy atom. The number of hydrogen-bond donors (Lipinski definition) is 2. The Labute approximate surface area is 209 Å². The summed E-state index contributed by atoms with van der Waals surface area (Å²) in [6, 6.07) is 13.7. The molecule has 1 saturated carbocycles. The van der Waals surface area contributed by atoms with Gasteiger partial charge in [-0.1, -0.05) is 43.2 Å². The van der Waals surface area contributed by atoms with Gasteiger partial charge in [0.15, 0.2) is 11.5 Å². The molecular formula is C28H31N3O5. The zero-order chi connectivity index (χ0) is 25.2. The standard InChI is InChI=1S/C28H31N3O5/c1-35-24-13-7-11-18(26(24)36-2)22(21-14-29-23-12-6-5-8-17(21)23)15-30-25(32)16-31-27(33)19-9-3-4-10-20(19)28(31)34/h5-8,11-14,19-20,22,29H,3-4,9-10,15-16H2,1-2H3,(H,30,32). The van der Waals surface area contributed by atoms with E-state index in [1.807, 2.05) is 48.7 Å². The summed E-state index contributed by atoms with van der Waals surface area (Å²) in [4.78, 5) is 43.1. The Morgan fingerprint density at radius 3 is 2.42 bits per heavy atom. The van der Waals surface area contributed by atoms with Gasteiger partial charge < -0.3 is 19.8 Å². The highest BCUT2D eigenvalue weighted by atomic mass is 16.5. The Balaban J connectivity index is 1.40. The number of benzene rings is 2. The number of nitrogens with zero attached hydrogens (tertiary/aromatic N) is 1. The van der Waals surface area contributed by atoms with E-state index in [9.17, 15) is 14.4 Å². The predicted molar refractivity (Wildman–Crippen MR) is 135 cm³/mol. The molecule has 8 heteroatoms. The lowest BCUT2D eigenvalue weighted by atomic mass is 9.81. The summed E-state index contributed by atoms with van der Waals surface area (Å²) < 4.78 is 11.2. The van der Waals surface area contributed by atoms with Crippen LogP contribution >= 0.6 is 0 Å². The van der Waals surface area contributed by atoms with Gasteiger partial charge in [-0.25, -0.2) is 0 Å². The van der Waals surface area contributed by atoms with Gasteiger partial charge in [-0.15, -0.1) is 0 Å². The topological polar surface area (TPSA) is 101 Å². The van der Waals surface area contributed by atoms with Crippen molar-refractivity contribution in [2.75, 3.05) is 27.3 Å². The number of nitrogens with one attached hydrogen (secondary N) is 2. The van der Waals surface area contributed by atoms with Crippen LogP contribution < -0.4 is 14.8 Å². The summed E-state index contributed by atoms with van der Waals surface area (Å²) in [5.74, 6) is -0.367. The van der Waals surface area contributed by atoms with E-state index in [0.29, 0.717) is 11.5 Å². The van der Waals surface area contributed by atoms with Crippen LogP contribution in [0.4, 0.5) is 0 Å². The van der Waals surface area contributed by atoms with Gasteiger partial charge in [0.05, 0.1) is 26.1 Å². The third kappa shape index (κ3) is 4.21. The van der Waals surface area contributed by atoms with Crippen molar-refractivity contribution < 1.29 is 23.9 Å². The number of aromatic nitrogens is 1. The van der Waals surface area contributed by atoms with Crippen molar-refractivity contribution in [2.24, 2.45) is 11.8 Å². The Bertz CT molecular complexity index is 1280. The molecule has 5 rings (SSSR count). The minimum atomic E-state index is -0.359. The van der Waals surface area contributed by atoms with Crippen LogP contribution in [0.5, 0.6) is 11.5 Å². The maximum Gasteiger partial charge on any atom is 0.240 e. The predicted octanol–water partition coefficient (Wildman–Crippen LogP) is 3.61. The van der Waals surface area contributed by atoms with Crippen molar-refractivity contribution in [1.29, 1.82) is 0 Å². The van der Waals surface area contributed by atoms with Gasteiger partial charge in [-0.05, 0) is 30.5 Å². The molecule has 36 heavy (non-hydrogen) atoms. The van der Waals surface area contributed by atoms with Crippen LogP contribution in [0.3, 0.4) is 0 Å². The molecule has 1 aromatic heterocycles. The van der Waals surface area contributed by atoms with Crippen LogP contribution in [0.2, 0.25) is 0 Å². The van der Waals surface area contributed by atoms with Gasteiger partial charge in [-0.2, -0.15) is 0 Å². The number of likely N-dealkylation sites (tertiary alicyclic amines) is 1. The first-order chi connectivity index (χ1) is 17.5. The maximum atomic E-state index is 13.0. The molecule has 0 bridgehead atoms.